The summed E-state index contributed by atoms with van der Waals surface area (Å²) < 4.78 is 30.8. The molecular weight excluding hydrogens is 520 g/mol. The summed E-state index contributed by atoms with van der Waals surface area (Å²) in [6, 6.07) is 20.3. The van der Waals surface area contributed by atoms with Crippen LogP contribution >= 0.6 is 11.6 Å². The number of benzene rings is 2. The Labute approximate surface area is 229 Å². The maximum absolute atomic E-state index is 13.6. The van der Waals surface area contributed by atoms with Crippen molar-refractivity contribution < 1.29 is 8.78 Å². The zero-order chi connectivity index (χ0) is 26.9. The molecule has 9 heteroatoms. The van der Waals surface area contributed by atoms with E-state index in [1.165, 1.54) is 24.3 Å². The molecule has 200 valence electrons. The molecule has 6 rings (SSSR count). The second-order valence-corrected chi connectivity index (χ2v) is 10.3. The molecule has 0 saturated carbocycles. The van der Waals surface area contributed by atoms with Gasteiger partial charge >= 0.3 is 0 Å². The van der Waals surface area contributed by atoms with Gasteiger partial charge in [0.05, 0.1) is 11.6 Å². The quantitative estimate of drug-likeness (QED) is 0.257. The first-order valence-corrected chi connectivity index (χ1v) is 13.5. The van der Waals surface area contributed by atoms with E-state index < -0.39 is 0 Å². The molecule has 0 radical (unpaired) electrons. The van der Waals surface area contributed by atoms with Gasteiger partial charge in [-0.3, -0.25) is 14.1 Å². The van der Waals surface area contributed by atoms with Crippen molar-refractivity contribution in [2.75, 3.05) is 32.7 Å². The number of hydrogen-bond acceptors (Lipinski definition) is 4. The van der Waals surface area contributed by atoms with E-state index in [0.29, 0.717) is 22.9 Å². The van der Waals surface area contributed by atoms with Crippen molar-refractivity contribution in [3.8, 4) is 0 Å². The third kappa shape index (κ3) is 5.20. The van der Waals surface area contributed by atoms with Gasteiger partial charge in [0.1, 0.15) is 22.3 Å². The SMILES string of the molecule is O=c1c2cccn2c2nc(Cl)ccc2n1CCCN1CCN(C(c2ccc(F)cc2)c2ccc(F)cc2)CC1. The maximum atomic E-state index is 13.6. The lowest BCUT2D eigenvalue weighted by Crippen LogP contribution is -2.48. The number of fused-ring (bicyclic) bond motifs is 3. The topological polar surface area (TPSA) is 45.8 Å². The lowest BCUT2D eigenvalue weighted by atomic mass is 9.96. The summed E-state index contributed by atoms with van der Waals surface area (Å²) in [6.45, 7) is 4.80. The molecule has 0 N–H and O–H groups in total. The van der Waals surface area contributed by atoms with E-state index in [2.05, 4.69) is 14.8 Å². The van der Waals surface area contributed by atoms with E-state index in [-0.39, 0.29) is 23.2 Å². The molecule has 1 fully saturated rings. The Morgan fingerprint density at radius 1 is 0.795 bits per heavy atom. The summed E-state index contributed by atoms with van der Waals surface area (Å²) in [5.74, 6) is -0.549. The molecule has 4 heterocycles. The van der Waals surface area contributed by atoms with Gasteiger partial charge in [-0.15, -0.1) is 0 Å². The minimum Gasteiger partial charge on any atom is -0.304 e. The van der Waals surface area contributed by atoms with Gasteiger partial charge in [0.2, 0.25) is 0 Å². The van der Waals surface area contributed by atoms with Crippen LogP contribution in [0.2, 0.25) is 5.15 Å². The number of aromatic nitrogens is 3. The third-order valence-corrected chi connectivity index (χ3v) is 7.76. The fourth-order valence-electron chi connectivity index (χ4n) is 5.62. The number of halogens is 3. The van der Waals surface area contributed by atoms with Gasteiger partial charge in [0.15, 0.2) is 5.65 Å². The van der Waals surface area contributed by atoms with Crippen LogP contribution in [0.5, 0.6) is 0 Å². The summed E-state index contributed by atoms with van der Waals surface area (Å²) in [6.07, 6.45) is 2.64. The van der Waals surface area contributed by atoms with E-state index in [1.54, 1.807) is 21.1 Å². The molecule has 39 heavy (non-hydrogen) atoms. The van der Waals surface area contributed by atoms with E-state index in [9.17, 15) is 13.6 Å². The Bertz CT molecular complexity index is 1610. The first-order chi connectivity index (χ1) is 19.0. The van der Waals surface area contributed by atoms with Crippen LogP contribution in [0.15, 0.2) is 83.8 Å². The molecule has 0 amide bonds. The van der Waals surface area contributed by atoms with Crippen LogP contribution in [0.1, 0.15) is 23.6 Å². The molecule has 2 aromatic carbocycles. The van der Waals surface area contributed by atoms with Crippen molar-refractivity contribution in [3.05, 3.63) is 117 Å². The van der Waals surface area contributed by atoms with Gasteiger partial charge in [-0.05, 0) is 72.6 Å². The summed E-state index contributed by atoms with van der Waals surface area (Å²) in [7, 11) is 0. The maximum Gasteiger partial charge on any atom is 0.275 e. The summed E-state index contributed by atoms with van der Waals surface area (Å²) >= 11 is 6.15. The molecule has 0 unspecified atom stereocenters. The molecular formula is C30H28ClF2N5O. The molecule has 6 nitrogen and oxygen atoms in total. The molecule has 1 saturated heterocycles. The molecule has 3 aromatic heterocycles. The van der Waals surface area contributed by atoms with Crippen LogP contribution in [0, 0.1) is 11.6 Å². The highest BCUT2D eigenvalue weighted by Gasteiger charge is 2.26. The summed E-state index contributed by atoms with van der Waals surface area (Å²) in [5.41, 5.74) is 3.94. The van der Waals surface area contributed by atoms with Crippen LogP contribution in [0.4, 0.5) is 8.78 Å². The van der Waals surface area contributed by atoms with Crippen LogP contribution in [0.25, 0.3) is 16.7 Å². The van der Waals surface area contributed by atoms with Crippen molar-refractivity contribution in [1.82, 2.24) is 23.8 Å². The monoisotopic (exact) mass is 547 g/mol. The predicted molar refractivity (Wildman–Crippen MR) is 149 cm³/mol. The van der Waals surface area contributed by atoms with Crippen molar-refractivity contribution >= 4 is 28.3 Å². The average Bonchev–Trinajstić information content (AvgIpc) is 3.44. The van der Waals surface area contributed by atoms with Crippen LogP contribution in [0.3, 0.4) is 0 Å². The number of rotatable bonds is 7. The van der Waals surface area contributed by atoms with Crippen LogP contribution < -0.4 is 5.56 Å². The Balaban J connectivity index is 1.14. The van der Waals surface area contributed by atoms with Gasteiger partial charge < -0.3 is 9.47 Å². The largest absolute Gasteiger partial charge is 0.304 e. The number of hydrogen-bond donors (Lipinski definition) is 0. The second kappa shape index (κ2) is 10.9. The molecule has 0 aliphatic carbocycles. The van der Waals surface area contributed by atoms with Gasteiger partial charge in [-0.1, -0.05) is 35.9 Å². The number of nitrogens with zero attached hydrogens (tertiary/aromatic N) is 5. The second-order valence-electron chi connectivity index (χ2n) is 9.93. The fraction of sp³-hybridized carbons (Fsp3) is 0.267. The van der Waals surface area contributed by atoms with Gasteiger partial charge in [-0.25, -0.2) is 13.8 Å². The van der Waals surface area contributed by atoms with E-state index in [4.69, 9.17) is 11.6 Å². The van der Waals surface area contributed by atoms with Crippen molar-refractivity contribution in [3.63, 3.8) is 0 Å². The van der Waals surface area contributed by atoms with Gasteiger partial charge in [-0.2, -0.15) is 0 Å². The fourth-order valence-corrected chi connectivity index (χ4v) is 5.76. The lowest BCUT2D eigenvalue weighted by molar-refractivity contribution is 0.108. The molecule has 5 aromatic rings. The molecule has 1 aliphatic heterocycles. The summed E-state index contributed by atoms with van der Waals surface area (Å²) in [5, 5.41) is 0.389. The molecule has 0 atom stereocenters. The van der Waals surface area contributed by atoms with Crippen LogP contribution in [-0.2, 0) is 6.54 Å². The highest BCUT2D eigenvalue weighted by atomic mass is 35.5. The Hall–Kier alpha value is -3.59. The zero-order valence-electron chi connectivity index (χ0n) is 21.3. The van der Waals surface area contributed by atoms with E-state index in [0.717, 1.165) is 55.8 Å². The first kappa shape index (κ1) is 25.7. The van der Waals surface area contributed by atoms with E-state index in [1.807, 2.05) is 42.6 Å². The normalized spacial score (nSPS) is 15.1. The average molecular weight is 548 g/mol. The number of pyridine rings is 1. The molecule has 0 bridgehead atoms. The van der Waals surface area contributed by atoms with E-state index >= 15 is 0 Å². The Kier molecular flexibility index (Phi) is 7.16. The van der Waals surface area contributed by atoms with Crippen molar-refractivity contribution in [2.45, 2.75) is 19.0 Å². The summed E-state index contributed by atoms with van der Waals surface area (Å²) in [4.78, 5) is 22.5. The molecule has 0 spiro atoms. The standard InChI is InChI=1S/C30H28ClF2N5O/c31-27-13-12-25-29(34-27)37-15-1-3-26(37)30(39)38(25)16-2-14-35-17-19-36(20-18-35)28(21-4-8-23(32)9-5-21)22-6-10-24(33)11-7-22/h1,3-13,15,28H,2,14,16-20H2. The molecule has 1 aliphatic rings. The zero-order valence-corrected chi connectivity index (χ0v) is 22.1. The Morgan fingerprint density at radius 3 is 2.08 bits per heavy atom. The predicted octanol–water partition coefficient (Wildman–Crippen LogP) is 5.38. The minimum absolute atomic E-state index is 0.0390. The number of piperazine rings is 1. The highest BCUT2D eigenvalue weighted by Crippen LogP contribution is 2.30. The highest BCUT2D eigenvalue weighted by molar-refractivity contribution is 6.29. The van der Waals surface area contributed by atoms with Crippen molar-refractivity contribution in [2.24, 2.45) is 0 Å². The Morgan fingerprint density at radius 2 is 1.44 bits per heavy atom. The lowest BCUT2D eigenvalue weighted by Gasteiger charge is -2.40. The first-order valence-electron chi connectivity index (χ1n) is 13.1. The van der Waals surface area contributed by atoms with Crippen LogP contribution in [-0.4, -0.2) is 56.5 Å². The van der Waals surface area contributed by atoms with Gasteiger partial charge in [0, 0.05) is 38.9 Å². The minimum atomic E-state index is -0.275. The third-order valence-electron chi connectivity index (χ3n) is 7.55. The smallest absolute Gasteiger partial charge is 0.275 e. The van der Waals surface area contributed by atoms with Crippen molar-refractivity contribution in [1.29, 1.82) is 0 Å². The number of aryl methyl sites for hydroxylation is 1. The van der Waals surface area contributed by atoms with Gasteiger partial charge in [0.25, 0.3) is 5.56 Å².